The lowest BCUT2D eigenvalue weighted by Crippen LogP contribution is -2.41. The van der Waals surface area contributed by atoms with Gasteiger partial charge in [0, 0.05) is 35.7 Å². The van der Waals surface area contributed by atoms with Crippen molar-refractivity contribution in [2.45, 2.75) is 19.6 Å². The van der Waals surface area contributed by atoms with Gasteiger partial charge in [0.25, 0.3) is 11.8 Å². The number of fused-ring (bicyclic) bond motifs is 1. The molecule has 0 saturated carbocycles. The largest absolute Gasteiger partial charge is 0.497 e. The molecule has 2 heterocycles. The Kier molecular flexibility index (Phi) is 8.60. The second-order valence-corrected chi connectivity index (χ2v) is 10.8. The van der Waals surface area contributed by atoms with Crippen LogP contribution in [0.5, 0.6) is 17.2 Å². The van der Waals surface area contributed by atoms with Crippen molar-refractivity contribution < 1.29 is 23.8 Å². The summed E-state index contributed by atoms with van der Waals surface area (Å²) in [6.45, 7) is 0.714. The number of methoxy groups -OCH3 is 3. The maximum atomic E-state index is 13.9. The molecule has 2 amide bonds. The van der Waals surface area contributed by atoms with Gasteiger partial charge in [-0.25, -0.2) is 4.79 Å². The van der Waals surface area contributed by atoms with Gasteiger partial charge in [0.15, 0.2) is 0 Å². The number of carbonyl (C=O) groups is 2. The Labute approximate surface area is 255 Å². The SMILES string of the molecule is COc1ccc(-n2c(C(=O)NCc3cc(OC)cc(OC)c3)c3n(c2=O)CCN(C(=O)c2ccc(Br)c(Cl)c2)C3)cc1. The van der Waals surface area contributed by atoms with Crippen molar-refractivity contribution in [2.75, 3.05) is 27.9 Å². The van der Waals surface area contributed by atoms with E-state index in [9.17, 15) is 14.4 Å². The Hall–Kier alpha value is -4.22. The van der Waals surface area contributed by atoms with Crippen molar-refractivity contribution in [2.24, 2.45) is 0 Å². The van der Waals surface area contributed by atoms with Crippen molar-refractivity contribution in [3.05, 3.63) is 103 Å². The number of rotatable bonds is 8. The Morgan fingerprint density at radius 2 is 1.57 bits per heavy atom. The highest BCUT2D eigenvalue weighted by atomic mass is 79.9. The fourth-order valence-corrected chi connectivity index (χ4v) is 5.31. The maximum Gasteiger partial charge on any atom is 0.333 e. The lowest BCUT2D eigenvalue weighted by atomic mass is 10.1. The minimum atomic E-state index is -0.473. The van der Waals surface area contributed by atoms with Crippen LogP contribution in [-0.2, 0) is 19.6 Å². The molecule has 0 atom stereocenters. The smallest absolute Gasteiger partial charge is 0.333 e. The molecule has 1 aromatic heterocycles. The summed E-state index contributed by atoms with van der Waals surface area (Å²) in [6.07, 6.45) is 0. The Bertz CT molecular complexity index is 1690. The van der Waals surface area contributed by atoms with E-state index in [1.165, 1.54) is 4.57 Å². The van der Waals surface area contributed by atoms with Crippen LogP contribution in [0, 0.1) is 0 Å². The molecule has 1 N–H and O–H groups in total. The number of hydrogen-bond donors (Lipinski definition) is 1. The minimum Gasteiger partial charge on any atom is -0.497 e. The Morgan fingerprint density at radius 1 is 0.905 bits per heavy atom. The van der Waals surface area contributed by atoms with Crippen LogP contribution in [0.4, 0.5) is 0 Å². The fourth-order valence-electron chi connectivity index (χ4n) is 4.88. The van der Waals surface area contributed by atoms with Gasteiger partial charge in [-0.15, -0.1) is 0 Å². The maximum absolute atomic E-state index is 13.9. The fraction of sp³-hybridized carbons (Fsp3) is 0.233. The first kappa shape index (κ1) is 29.3. The van der Waals surface area contributed by atoms with E-state index in [1.807, 2.05) is 0 Å². The number of benzene rings is 3. The number of halogens is 2. The first-order valence-corrected chi connectivity index (χ1v) is 14.1. The van der Waals surface area contributed by atoms with E-state index in [-0.39, 0.29) is 43.5 Å². The van der Waals surface area contributed by atoms with Gasteiger partial charge in [-0.3, -0.25) is 18.7 Å². The van der Waals surface area contributed by atoms with Gasteiger partial charge in [0.05, 0.1) is 44.3 Å². The number of hydrogen-bond acceptors (Lipinski definition) is 6. The average molecular weight is 656 g/mol. The van der Waals surface area contributed by atoms with Crippen LogP contribution in [0.3, 0.4) is 0 Å². The molecular weight excluding hydrogens is 628 g/mol. The average Bonchev–Trinajstić information content (AvgIpc) is 3.31. The molecule has 0 radical (unpaired) electrons. The van der Waals surface area contributed by atoms with Crippen molar-refractivity contribution in [3.63, 3.8) is 0 Å². The standard InChI is InChI=1S/C30H28BrClN4O6/c1-40-21-7-5-20(6-8-21)36-27(28(37)33-16-18-12-22(41-2)15-23(13-18)42-3)26-17-34(10-11-35(26)30(36)39)29(38)19-4-9-24(31)25(32)14-19/h4-9,12-15H,10-11,16-17H2,1-3H3,(H,33,37). The molecule has 0 bridgehead atoms. The van der Waals surface area contributed by atoms with E-state index >= 15 is 0 Å². The molecule has 3 aromatic carbocycles. The number of aromatic nitrogens is 2. The first-order valence-electron chi connectivity index (χ1n) is 13.0. The summed E-state index contributed by atoms with van der Waals surface area (Å²) in [4.78, 5) is 42.6. The van der Waals surface area contributed by atoms with E-state index in [0.717, 1.165) is 5.56 Å². The molecule has 4 aromatic rings. The molecule has 1 aliphatic heterocycles. The van der Waals surface area contributed by atoms with Crippen molar-refractivity contribution >= 4 is 39.3 Å². The Balaban J connectivity index is 1.52. The molecule has 0 fully saturated rings. The molecule has 42 heavy (non-hydrogen) atoms. The summed E-state index contributed by atoms with van der Waals surface area (Å²) in [5, 5.41) is 3.34. The number of carbonyl (C=O) groups excluding carboxylic acids is 2. The number of nitrogens with zero attached hydrogens (tertiary/aromatic N) is 3. The van der Waals surface area contributed by atoms with Crippen molar-refractivity contribution in [1.82, 2.24) is 19.4 Å². The lowest BCUT2D eigenvalue weighted by Gasteiger charge is -2.28. The summed E-state index contributed by atoms with van der Waals surface area (Å²) in [6, 6.07) is 17.2. The Morgan fingerprint density at radius 3 is 2.19 bits per heavy atom. The van der Waals surface area contributed by atoms with E-state index < -0.39 is 5.91 Å². The number of ether oxygens (including phenoxy) is 3. The molecule has 5 rings (SSSR count). The minimum absolute atomic E-state index is 0.0562. The van der Waals surface area contributed by atoms with Gasteiger partial charge in [0.2, 0.25) is 0 Å². The highest BCUT2D eigenvalue weighted by Crippen LogP contribution is 2.27. The summed E-state index contributed by atoms with van der Waals surface area (Å²) in [5.74, 6) is 1.04. The predicted molar refractivity (Wildman–Crippen MR) is 161 cm³/mol. The molecule has 0 spiro atoms. The third-order valence-corrected chi connectivity index (χ3v) is 8.28. The molecule has 0 unspecified atom stereocenters. The zero-order valence-electron chi connectivity index (χ0n) is 23.1. The quantitative estimate of drug-likeness (QED) is 0.296. The van der Waals surface area contributed by atoms with E-state index in [1.54, 1.807) is 91.5 Å². The molecule has 10 nitrogen and oxygen atoms in total. The van der Waals surface area contributed by atoms with Gasteiger partial charge < -0.3 is 24.4 Å². The highest BCUT2D eigenvalue weighted by molar-refractivity contribution is 9.10. The topological polar surface area (TPSA) is 104 Å². The van der Waals surface area contributed by atoms with Gasteiger partial charge in [-0.1, -0.05) is 11.6 Å². The molecule has 12 heteroatoms. The first-order chi connectivity index (χ1) is 20.2. The van der Waals surface area contributed by atoms with Gasteiger partial charge >= 0.3 is 5.69 Å². The molecule has 1 aliphatic rings. The summed E-state index contributed by atoms with van der Waals surface area (Å²) in [7, 11) is 4.65. The predicted octanol–water partition coefficient (Wildman–Crippen LogP) is 4.67. The number of imidazole rings is 1. The van der Waals surface area contributed by atoms with Gasteiger partial charge in [0.1, 0.15) is 22.9 Å². The third-order valence-electron chi connectivity index (χ3n) is 7.04. The van der Waals surface area contributed by atoms with E-state index in [4.69, 9.17) is 25.8 Å². The van der Waals surface area contributed by atoms with Crippen LogP contribution in [0.25, 0.3) is 5.69 Å². The van der Waals surface area contributed by atoms with Crippen LogP contribution in [0.1, 0.15) is 32.1 Å². The number of amides is 2. The van der Waals surface area contributed by atoms with Crippen molar-refractivity contribution in [3.8, 4) is 22.9 Å². The van der Waals surface area contributed by atoms with Crippen molar-refractivity contribution in [1.29, 1.82) is 0 Å². The number of nitrogens with one attached hydrogen (secondary N) is 1. The lowest BCUT2D eigenvalue weighted by molar-refractivity contribution is 0.0706. The summed E-state index contributed by atoms with van der Waals surface area (Å²) >= 11 is 9.58. The van der Waals surface area contributed by atoms with Crippen LogP contribution in [0.2, 0.25) is 5.02 Å². The second-order valence-electron chi connectivity index (χ2n) is 9.52. The van der Waals surface area contributed by atoms with Gasteiger partial charge in [-0.05, 0) is 76.1 Å². The van der Waals surface area contributed by atoms with Crippen LogP contribution in [0.15, 0.2) is 69.9 Å². The van der Waals surface area contributed by atoms with Crippen LogP contribution >= 0.6 is 27.5 Å². The summed E-state index contributed by atoms with van der Waals surface area (Å²) in [5.41, 5.74) is 1.85. The van der Waals surface area contributed by atoms with Crippen LogP contribution in [-0.4, -0.2) is 53.7 Å². The molecule has 218 valence electrons. The second kappa shape index (κ2) is 12.3. The summed E-state index contributed by atoms with van der Waals surface area (Å²) < 4.78 is 19.6. The van der Waals surface area contributed by atoms with Gasteiger partial charge in [-0.2, -0.15) is 0 Å². The van der Waals surface area contributed by atoms with E-state index in [0.29, 0.717) is 43.7 Å². The monoisotopic (exact) mass is 654 g/mol. The molecule has 0 saturated heterocycles. The zero-order valence-corrected chi connectivity index (χ0v) is 25.5. The third kappa shape index (κ3) is 5.75. The van der Waals surface area contributed by atoms with Crippen LogP contribution < -0.4 is 25.2 Å². The van der Waals surface area contributed by atoms with E-state index in [2.05, 4.69) is 21.2 Å². The molecule has 0 aliphatic carbocycles. The normalized spacial score (nSPS) is 12.5. The highest BCUT2D eigenvalue weighted by Gasteiger charge is 2.32. The molecular formula is C30H28BrClN4O6. The zero-order chi connectivity index (χ0) is 30.0.